The van der Waals surface area contributed by atoms with Crippen molar-refractivity contribution >= 4 is 16.9 Å². The molecule has 0 N–H and O–H groups in total. The van der Waals surface area contributed by atoms with E-state index in [9.17, 15) is 9.18 Å². The minimum Gasteiger partial charge on any atom is -0.464 e. The van der Waals surface area contributed by atoms with Crippen LogP contribution in [0, 0.1) is 5.82 Å². The summed E-state index contributed by atoms with van der Waals surface area (Å²) in [6.45, 7) is 2.67. The second-order valence-corrected chi connectivity index (χ2v) is 4.22. The molecule has 0 bridgehead atoms. The molecular weight excluding hydrogens is 233 g/mol. The number of hydrogen-bond donors (Lipinski definition) is 0. The van der Waals surface area contributed by atoms with Crippen molar-refractivity contribution in [2.45, 2.75) is 26.3 Å². The number of hydrogen-bond acceptors (Lipinski definition) is 2. The smallest absolute Gasteiger partial charge is 0.325 e. The van der Waals surface area contributed by atoms with Crippen LogP contribution in [-0.2, 0) is 16.1 Å². The fourth-order valence-electron chi connectivity index (χ4n) is 1.82. The van der Waals surface area contributed by atoms with Crippen LogP contribution in [0.25, 0.3) is 10.9 Å². The Kier molecular flexibility index (Phi) is 3.97. The van der Waals surface area contributed by atoms with Gasteiger partial charge in [-0.1, -0.05) is 13.3 Å². The van der Waals surface area contributed by atoms with Gasteiger partial charge in [0.15, 0.2) is 0 Å². The number of carbonyl (C=O) groups is 1. The summed E-state index contributed by atoms with van der Waals surface area (Å²) in [4.78, 5) is 11.6. The van der Waals surface area contributed by atoms with E-state index in [0.29, 0.717) is 6.61 Å². The molecule has 3 nitrogen and oxygen atoms in total. The highest BCUT2D eigenvalue weighted by Crippen LogP contribution is 2.17. The van der Waals surface area contributed by atoms with Crippen molar-refractivity contribution in [3.8, 4) is 0 Å². The number of benzene rings is 1. The first-order chi connectivity index (χ1) is 8.70. The Morgan fingerprint density at radius 2 is 2.22 bits per heavy atom. The van der Waals surface area contributed by atoms with Crippen molar-refractivity contribution in [2.24, 2.45) is 0 Å². The highest BCUT2D eigenvalue weighted by atomic mass is 19.1. The summed E-state index contributed by atoms with van der Waals surface area (Å²) in [5.41, 5.74) is 0.837. The number of unbranched alkanes of at least 4 members (excludes halogenated alkanes) is 1. The lowest BCUT2D eigenvalue weighted by Crippen LogP contribution is -2.13. The van der Waals surface area contributed by atoms with Crippen LogP contribution in [0.5, 0.6) is 0 Å². The van der Waals surface area contributed by atoms with Crippen LogP contribution >= 0.6 is 0 Å². The lowest BCUT2D eigenvalue weighted by atomic mass is 10.2. The first-order valence-corrected chi connectivity index (χ1v) is 6.10. The van der Waals surface area contributed by atoms with E-state index < -0.39 is 0 Å². The highest BCUT2D eigenvalue weighted by Gasteiger charge is 2.07. The third kappa shape index (κ3) is 2.88. The number of fused-ring (bicyclic) bond motifs is 1. The third-order valence-corrected chi connectivity index (χ3v) is 2.79. The van der Waals surface area contributed by atoms with E-state index in [1.54, 1.807) is 22.9 Å². The second kappa shape index (κ2) is 5.67. The van der Waals surface area contributed by atoms with Crippen LogP contribution < -0.4 is 0 Å². The molecule has 0 aliphatic rings. The Hall–Kier alpha value is -1.84. The molecule has 0 aliphatic heterocycles. The molecule has 1 aromatic carbocycles. The summed E-state index contributed by atoms with van der Waals surface area (Å²) in [7, 11) is 0. The molecule has 0 unspecified atom stereocenters. The topological polar surface area (TPSA) is 31.2 Å². The van der Waals surface area contributed by atoms with Gasteiger partial charge in [0.1, 0.15) is 12.4 Å². The summed E-state index contributed by atoms with van der Waals surface area (Å²) in [5, 5.41) is 0.788. The monoisotopic (exact) mass is 249 g/mol. The van der Waals surface area contributed by atoms with Gasteiger partial charge in [0, 0.05) is 17.1 Å². The summed E-state index contributed by atoms with van der Waals surface area (Å²) in [6.07, 6.45) is 3.65. The van der Waals surface area contributed by atoms with Gasteiger partial charge in [-0.3, -0.25) is 4.79 Å². The van der Waals surface area contributed by atoms with Gasteiger partial charge in [0.05, 0.1) is 6.61 Å². The highest BCUT2D eigenvalue weighted by molar-refractivity contribution is 5.82. The molecule has 0 saturated heterocycles. The van der Waals surface area contributed by atoms with Gasteiger partial charge in [-0.25, -0.2) is 4.39 Å². The fourth-order valence-corrected chi connectivity index (χ4v) is 1.82. The molecule has 18 heavy (non-hydrogen) atoms. The van der Waals surface area contributed by atoms with Crippen molar-refractivity contribution in [3.63, 3.8) is 0 Å². The van der Waals surface area contributed by atoms with E-state index in [2.05, 4.69) is 0 Å². The maximum absolute atomic E-state index is 13.0. The molecule has 96 valence electrons. The molecule has 0 radical (unpaired) electrons. The molecule has 0 saturated carbocycles. The zero-order valence-electron chi connectivity index (χ0n) is 10.4. The van der Waals surface area contributed by atoms with Crippen molar-refractivity contribution in [1.82, 2.24) is 4.57 Å². The van der Waals surface area contributed by atoms with Crippen molar-refractivity contribution in [3.05, 3.63) is 36.3 Å². The Morgan fingerprint density at radius 1 is 1.39 bits per heavy atom. The SMILES string of the molecule is CCCCOC(=O)Cn1ccc2cc(F)ccc21. The van der Waals surface area contributed by atoms with Crippen molar-refractivity contribution in [2.75, 3.05) is 6.61 Å². The fraction of sp³-hybridized carbons (Fsp3) is 0.357. The minimum atomic E-state index is -0.272. The minimum absolute atomic E-state index is 0.166. The standard InChI is InChI=1S/C14H16FNO2/c1-2-3-8-18-14(17)10-16-7-6-11-9-12(15)4-5-13(11)16/h4-7,9H,2-3,8,10H2,1H3. The molecule has 0 atom stereocenters. The Labute approximate surface area is 105 Å². The first kappa shape index (κ1) is 12.6. The summed E-state index contributed by atoms with van der Waals surface area (Å²) >= 11 is 0. The van der Waals surface area contributed by atoms with Gasteiger partial charge in [-0.2, -0.15) is 0 Å². The van der Waals surface area contributed by atoms with E-state index in [-0.39, 0.29) is 18.3 Å². The first-order valence-electron chi connectivity index (χ1n) is 6.10. The second-order valence-electron chi connectivity index (χ2n) is 4.22. The average Bonchev–Trinajstić information content (AvgIpc) is 2.72. The number of nitrogens with zero attached hydrogens (tertiary/aromatic N) is 1. The lowest BCUT2D eigenvalue weighted by Gasteiger charge is -2.06. The number of ether oxygens (including phenoxy) is 1. The van der Waals surface area contributed by atoms with E-state index in [0.717, 1.165) is 23.7 Å². The number of carbonyl (C=O) groups excluding carboxylic acids is 1. The van der Waals surface area contributed by atoms with Gasteiger partial charge in [-0.05, 0) is 30.7 Å². The van der Waals surface area contributed by atoms with Crippen LogP contribution in [0.1, 0.15) is 19.8 Å². The Balaban J connectivity index is 2.05. The van der Waals surface area contributed by atoms with Gasteiger partial charge >= 0.3 is 5.97 Å². The maximum atomic E-state index is 13.0. The lowest BCUT2D eigenvalue weighted by molar-refractivity contribution is -0.144. The van der Waals surface area contributed by atoms with E-state index in [4.69, 9.17) is 4.74 Å². The average molecular weight is 249 g/mol. The normalized spacial score (nSPS) is 10.8. The van der Waals surface area contributed by atoms with Gasteiger partial charge in [0.25, 0.3) is 0 Å². The van der Waals surface area contributed by atoms with Gasteiger partial charge in [-0.15, -0.1) is 0 Å². The molecule has 2 rings (SSSR count). The van der Waals surface area contributed by atoms with E-state index in [1.165, 1.54) is 12.1 Å². The van der Waals surface area contributed by atoms with Crippen molar-refractivity contribution in [1.29, 1.82) is 0 Å². The number of rotatable bonds is 5. The van der Waals surface area contributed by atoms with E-state index >= 15 is 0 Å². The summed E-state index contributed by atoms with van der Waals surface area (Å²) < 4.78 is 19.9. The maximum Gasteiger partial charge on any atom is 0.325 e. The predicted molar refractivity (Wildman–Crippen MR) is 67.8 cm³/mol. The van der Waals surface area contributed by atoms with Crippen LogP contribution in [0.2, 0.25) is 0 Å². The largest absolute Gasteiger partial charge is 0.464 e. The Morgan fingerprint density at radius 3 is 3.00 bits per heavy atom. The van der Waals surface area contributed by atoms with Gasteiger partial charge < -0.3 is 9.30 Å². The van der Waals surface area contributed by atoms with Crippen LogP contribution in [0.4, 0.5) is 4.39 Å². The number of halogens is 1. The predicted octanol–water partition coefficient (Wildman–Crippen LogP) is 3.12. The molecule has 1 aromatic heterocycles. The van der Waals surface area contributed by atoms with Crippen LogP contribution in [0.15, 0.2) is 30.5 Å². The number of esters is 1. The quantitative estimate of drug-likeness (QED) is 0.602. The zero-order chi connectivity index (χ0) is 13.0. The molecule has 2 aromatic rings. The molecule has 1 heterocycles. The molecule has 4 heteroatoms. The van der Waals surface area contributed by atoms with Crippen LogP contribution in [-0.4, -0.2) is 17.1 Å². The molecule has 0 aliphatic carbocycles. The molecule has 0 amide bonds. The summed E-state index contributed by atoms with van der Waals surface area (Å²) in [5.74, 6) is -0.531. The molecule has 0 spiro atoms. The molecule has 0 fully saturated rings. The van der Waals surface area contributed by atoms with Crippen LogP contribution in [0.3, 0.4) is 0 Å². The van der Waals surface area contributed by atoms with E-state index in [1.807, 2.05) is 6.92 Å². The summed E-state index contributed by atoms with van der Waals surface area (Å²) in [6, 6.07) is 6.30. The van der Waals surface area contributed by atoms with Crippen molar-refractivity contribution < 1.29 is 13.9 Å². The third-order valence-electron chi connectivity index (χ3n) is 2.79. The zero-order valence-corrected chi connectivity index (χ0v) is 10.4. The molecular formula is C14H16FNO2. The van der Waals surface area contributed by atoms with Gasteiger partial charge in [0.2, 0.25) is 0 Å². The number of aromatic nitrogens is 1. The Bertz CT molecular complexity index is 548.